The summed E-state index contributed by atoms with van der Waals surface area (Å²) < 4.78 is 29.1. The number of rotatable bonds is 1. The maximum Gasteiger partial charge on any atom is 0.216 e. The van der Waals surface area contributed by atoms with Crippen LogP contribution in [-0.4, -0.2) is 11.6 Å². The van der Waals surface area contributed by atoms with Gasteiger partial charge in [0.25, 0.3) is 0 Å². The molecule has 0 saturated heterocycles. The van der Waals surface area contributed by atoms with Crippen molar-refractivity contribution in [2.45, 2.75) is 59.3 Å². The molecule has 0 spiro atoms. The molecule has 4 aliphatic rings. The van der Waals surface area contributed by atoms with Crippen molar-refractivity contribution in [3.05, 3.63) is 23.3 Å². The van der Waals surface area contributed by atoms with Crippen LogP contribution in [-0.2, 0) is 9.59 Å². The molecule has 3 saturated carbocycles. The van der Waals surface area contributed by atoms with Crippen LogP contribution in [0.2, 0.25) is 0 Å². The lowest BCUT2D eigenvalue weighted by Gasteiger charge is -2.57. The predicted molar refractivity (Wildman–Crippen MR) is 90.9 cm³/mol. The molecule has 0 radical (unpaired) electrons. The number of hydrogen-bond donors (Lipinski definition) is 0. The lowest BCUT2D eigenvalue weighted by atomic mass is 9.47. The van der Waals surface area contributed by atoms with Crippen molar-refractivity contribution < 1.29 is 18.4 Å². The van der Waals surface area contributed by atoms with Crippen LogP contribution in [0.15, 0.2) is 23.3 Å². The van der Waals surface area contributed by atoms with Gasteiger partial charge in [-0.15, -0.1) is 0 Å². The molecule has 4 heteroatoms. The van der Waals surface area contributed by atoms with E-state index in [9.17, 15) is 18.4 Å². The van der Waals surface area contributed by atoms with Crippen LogP contribution in [0.3, 0.4) is 0 Å². The Morgan fingerprint density at radius 2 is 1.84 bits per heavy atom. The number of carbonyl (C=O) groups excluding carboxylic acids is 2. The van der Waals surface area contributed by atoms with Crippen molar-refractivity contribution in [2.75, 3.05) is 0 Å². The third kappa shape index (κ3) is 2.06. The van der Waals surface area contributed by atoms with Gasteiger partial charge in [0.2, 0.25) is 11.6 Å². The van der Waals surface area contributed by atoms with Gasteiger partial charge in [-0.3, -0.25) is 9.59 Å². The van der Waals surface area contributed by atoms with E-state index in [1.54, 1.807) is 13.8 Å². The number of ketones is 2. The van der Waals surface area contributed by atoms with E-state index >= 15 is 0 Å². The molecule has 0 unspecified atom stereocenters. The average molecular weight is 348 g/mol. The van der Waals surface area contributed by atoms with Crippen LogP contribution >= 0.6 is 0 Å². The Balaban J connectivity index is 1.74. The van der Waals surface area contributed by atoms with Gasteiger partial charge >= 0.3 is 0 Å². The molecular formula is C21H26F2O2. The molecule has 0 N–H and O–H groups in total. The van der Waals surface area contributed by atoms with Crippen molar-refractivity contribution in [3.8, 4) is 0 Å². The Morgan fingerprint density at radius 3 is 2.52 bits per heavy atom. The SMILES string of the molecule is CC(=O)[C@H]1CC[C@H]2[C@@H]3CCC4=CC(=O)C(F)=C(F)[C@]4(C)[C@H]3CC[C@]12C. The predicted octanol–water partition coefficient (Wildman–Crippen LogP) is 5.09. The summed E-state index contributed by atoms with van der Waals surface area (Å²) in [4.78, 5) is 23.9. The summed E-state index contributed by atoms with van der Waals surface area (Å²) in [6.45, 7) is 5.72. The molecular weight excluding hydrogens is 322 g/mol. The standard InChI is InChI=1S/C21H26F2O2/c1-11(24)14-6-7-15-13-5-4-12-10-17(25)18(22)19(23)21(12,3)16(13)8-9-20(14,15)2/h10,13-16H,4-9H2,1-3H3/t13-,14+,15-,16-,20+,21-/m0/s1. The van der Waals surface area contributed by atoms with Gasteiger partial charge in [0.1, 0.15) is 11.6 Å². The molecule has 0 aliphatic heterocycles. The number of carbonyl (C=O) groups is 2. The average Bonchev–Trinajstić information content (AvgIpc) is 2.92. The summed E-state index contributed by atoms with van der Waals surface area (Å²) in [5.41, 5.74) is -0.216. The molecule has 0 aromatic heterocycles. The van der Waals surface area contributed by atoms with E-state index in [4.69, 9.17) is 0 Å². The van der Waals surface area contributed by atoms with Crippen LogP contribution < -0.4 is 0 Å². The lowest BCUT2D eigenvalue weighted by Crippen LogP contribution is -2.51. The second kappa shape index (κ2) is 5.34. The van der Waals surface area contributed by atoms with Crippen LogP contribution in [0.1, 0.15) is 59.3 Å². The quantitative estimate of drug-likeness (QED) is 0.661. The number of halogens is 2. The largest absolute Gasteiger partial charge is 0.300 e. The van der Waals surface area contributed by atoms with Crippen LogP contribution in [0.4, 0.5) is 8.78 Å². The monoisotopic (exact) mass is 348 g/mol. The number of hydrogen-bond acceptors (Lipinski definition) is 2. The molecule has 0 bridgehead atoms. The van der Waals surface area contributed by atoms with Crippen LogP contribution in [0, 0.1) is 34.5 Å². The second-order valence-electron chi connectivity index (χ2n) is 9.06. The van der Waals surface area contributed by atoms with Gasteiger partial charge < -0.3 is 0 Å². The fourth-order valence-electron chi connectivity index (χ4n) is 6.98. The Kier molecular flexibility index (Phi) is 3.66. The minimum absolute atomic E-state index is 0.00615. The molecule has 6 atom stereocenters. The molecule has 2 nitrogen and oxygen atoms in total. The van der Waals surface area contributed by atoms with E-state index in [2.05, 4.69) is 6.92 Å². The van der Waals surface area contributed by atoms with Crippen LogP contribution in [0.25, 0.3) is 0 Å². The first kappa shape index (κ1) is 17.1. The maximum absolute atomic E-state index is 15.0. The van der Waals surface area contributed by atoms with Crippen molar-refractivity contribution in [2.24, 2.45) is 34.5 Å². The van der Waals surface area contributed by atoms with Gasteiger partial charge in [-0.1, -0.05) is 12.5 Å². The summed E-state index contributed by atoms with van der Waals surface area (Å²) in [7, 11) is 0. The smallest absolute Gasteiger partial charge is 0.216 e. The molecule has 25 heavy (non-hydrogen) atoms. The van der Waals surface area contributed by atoms with E-state index in [0.717, 1.165) is 37.7 Å². The highest BCUT2D eigenvalue weighted by atomic mass is 19.2. The molecule has 0 aromatic rings. The van der Waals surface area contributed by atoms with Gasteiger partial charge in [0, 0.05) is 11.3 Å². The van der Waals surface area contributed by atoms with E-state index in [1.165, 1.54) is 6.08 Å². The van der Waals surface area contributed by atoms with Crippen molar-refractivity contribution in [3.63, 3.8) is 0 Å². The van der Waals surface area contributed by atoms with Crippen LogP contribution in [0.5, 0.6) is 0 Å². The minimum atomic E-state index is -1.20. The first-order valence-electron chi connectivity index (χ1n) is 9.53. The Hall–Kier alpha value is -1.32. The first-order valence-corrected chi connectivity index (χ1v) is 9.53. The molecule has 4 aliphatic carbocycles. The zero-order chi connectivity index (χ0) is 18.1. The van der Waals surface area contributed by atoms with Gasteiger partial charge in [-0.25, -0.2) is 4.39 Å². The highest BCUT2D eigenvalue weighted by molar-refractivity contribution is 6.04. The summed E-state index contributed by atoms with van der Waals surface area (Å²) in [5, 5.41) is 0. The van der Waals surface area contributed by atoms with Gasteiger partial charge in [0.15, 0.2) is 0 Å². The number of fused-ring (bicyclic) bond motifs is 5. The highest BCUT2D eigenvalue weighted by Crippen LogP contribution is 2.67. The molecule has 0 heterocycles. The summed E-state index contributed by atoms with van der Waals surface area (Å²) in [6.07, 6.45) is 6.52. The highest BCUT2D eigenvalue weighted by Gasteiger charge is 2.61. The first-order chi connectivity index (χ1) is 11.7. The minimum Gasteiger partial charge on any atom is -0.300 e. The van der Waals surface area contributed by atoms with E-state index in [0.29, 0.717) is 18.3 Å². The summed E-state index contributed by atoms with van der Waals surface area (Å²) in [5.74, 6) is -1.77. The third-order valence-corrected chi connectivity index (χ3v) is 8.25. The molecule has 0 aromatic carbocycles. The number of Topliss-reactive ketones (excluding diaryl/α,β-unsaturated/α-hetero) is 1. The normalized spacial score (nSPS) is 46.3. The second-order valence-corrected chi connectivity index (χ2v) is 9.06. The summed E-state index contributed by atoms with van der Waals surface area (Å²) >= 11 is 0. The van der Waals surface area contributed by atoms with E-state index in [1.807, 2.05) is 0 Å². The van der Waals surface area contributed by atoms with Gasteiger partial charge in [-0.05, 0) is 81.6 Å². The Bertz CT molecular complexity index is 721. The lowest BCUT2D eigenvalue weighted by molar-refractivity contribution is -0.127. The summed E-state index contributed by atoms with van der Waals surface area (Å²) in [6, 6.07) is 0. The fourth-order valence-corrected chi connectivity index (χ4v) is 6.98. The zero-order valence-corrected chi connectivity index (χ0v) is 15.2. The van der Waals surface area contributed by atoms with E-state index in [-0.39, 0.29) is 23.0 Å². The zero-order valence-electron chi connectivity index (χ0n) is 15.2. The van der Waals surface area contributed by atoms with Gasteiger partial charge in [-0.2, -0.15) is 4.39 Å². The third-order valence-electron chi connectivity index (χ3n) is 8.25. The maximum atomic E-state index is 15.0. The number of allylic oxidation sites excluding steroid dienone is 4. The van der Waals surface area contributed by atoms with Crippen molar-refractivity contribution >= 4 is 11.6 Å². The molecule has 3 fully saturated rings. The molecule has 136 valence electrons. The molecule has 0 amide bonds. The fraction of sp³-hybridized carbons (Fsp3) is 0.714. The Labute approximate surface area is 147 Å². The Morgan fingerprint density at radius 1 is 1.12 bits per heavy atom. The molecule has 4 rings (SSSR count). The van der Waals surface area contributed by atoms with Gasteiger partial charge in [0.05, 0.1) is 0 Å². The topological polar surface area (TPSA) is 34.1 Å². The van der Waals surface area contributed by atoms with Crippen molar-refractivity contribution in [1.82, 2.24) is 0 Å². The van der Waals surface area contributed by atoms with E-state index < -0.39 is 22.9 Å². The van der Waals surface area contributed by atoms with Crippen molar-refractivity contribution in [1.29, 1.82) is 0 Å².